The molecule has 0 aromatic heterocycles. The molecule has 0 atom stereocenters. The minimum atomic E-state index is -4.69. The first-order valence-electron chi connectivity index (χ1n) is 5.99. The molecule has 0 aliphatic carbocycles. The molecule has 2 aromatic rings. The lowest BCUT2D eigenvalue weighted by Crippen LogP contribution is -2.13. The first-order valence-corrected chi connectivity index (χ1v) is 7.39. The van der Waals surface area contributed by atoms with Gasteiger partial charge in [0, 0.05) is 0 Å². The fourth-order valence-corrected chi connectivity index (χ4v) is 2.72. The van der Waals surface area contributed by atoms with Gasteiger partial charge in [0.25, 0.3) is 0 Å². The molecule has 0 saturated heterocycles. The van der Waals surface area contributed by atoms with Crippen molar-refractivity contribution >= 4 is 10.1 Å². The van der Waals surface area contributed by atoms with Crippen LogP contribution in [0.25, 0.3) is 0 Å². The highest BCUT2D eigenvalue weighted by atomic mass is 32.2. The monoisotopic (exact) mass is 332 g/mol. The molecule has 0 aliphatic rings. The third kappa shape index (κ3) is 3.01. The lowest BCUT2D eigenvalue weighted by molar-refractivity contribution is 0.387. The van der Waals surface area contributed by atoms with E-state index >= 15 is 0 Å². The number of hydrogen-bond acceptors (Lipinski definition) is 4. The van der Waals surface area contributed by atoms with Crippen LogP contribution in [0.3, 0.4) is 0 Å². The van der Waals surface area contributed by atoms with Gasteiger partial charge in [-0.05, 0) is 36.8 Å². The summed E-state index contributed by atoms with van der Waals surface area (Å²) in [5.74, 6) is -5.32. The first kappa shape index (κ1) is 16.2. The zero-order chi connectivity index (χ0) is 16.5. The van der Waals surface area contributed by atoms with Gasteiger partial charge in [-0.3, -0.25) is 0 Å². The first-order chi connectivity index (χ1) is 10.3. The van der Waals surface area contributed by atoms with E-state index in [1.54, 1.807) is 13.0 Å². The molecule has 0 N–H and O–H groups in total. The molecule has 2 aromatic carbocycles. The molecule has 0 saturated carbocycles. The third-order valence-electron chi connectivity index (χ3n) is 2.79. The molecule has 8 heteroatoms. The van der Waals surface area contributed by atoms with Crippen LogP contribution in [-0.2, 0) is 10.1 Å². The van der Waals surface area contributed by atoms with E-state index in [9.17, 15) is 21.6 Å². The van der Waals surface area contributed by atoms with Gasteiger partial charge in [0.1, 0.15) is 4.90 Å². The smallest absolute Gasteiger partial charge is 0.342 e. The van der Waals surface area contributed by atoms with Crippen molar-refractivity contribution in [2.45, 2.75) is 11.8 Å². The summed E-state index contributed by atoms with van der Waals surface area (Å²) in [5, 5.41) is 0. The number of methoxy groups -OCH3 is 1. The molecular formula is C14H11F3O4S. The molecule has 0 spiro atoms. The largest absolute Gasteiger partial charge is 0.493 e. The van der Waals surface area contributed by atoms with Crippen LogP contribution >= 0.6 is 0 Å². The van der Waals surface area contributed by atoms with E-state index < -0.39 is 32.5 Å². The predicted octanol–water partition coefficient (Wildman–Crippen LogP) is 3.19. The molecule has 0 fully saturated rings. The number of rotatable bonds is 4. The van der Waals surface area contributed by atoms with Crippen molar-refractivity contribution in [3.8, 4) is 11.5 Å². The average molecular weight is 332 g/mol. The molecule has 4 nitrogen and oxygen atoms in total. The van der Waals surface area contributed by atoms with Crippen molar-refractivity contribution in [3.63, 3.8) is 0 Å². The molecule has 0 heterocycles. The van der Waals surface area contributed by atoms with Crippen LogP contribution < -0.4 is 8.92 Å². The predicted molar refractivity (Wildman–Crippen MR) is 71.9 cm³/mol. The molecule has 2 rings (SSSR count). The van der Waals surface area contributed by atoms with Gasteiger partial charge in [-0.1, -0.05) is 6.07 Å². The molecule has 0 bridgehead atoms. The molecule has 0 amide bonds. The van der Waals surface area contributed by atoms with Crippen LogP contribution in [0.5, 0.6) is 11.5 Å². The Bertz CT molecular complexity index is 819. The van der Waals surface area contributed by atoms with Crippen molar-refractivity contribution < 1.29 is 30.5 Å². The molecule has 0 aliphatic heterocycles. The minimum Gasteiger partial charge on any atom is -0.493 e. The number of halogens is 3. The molecule has 0 unspecified atom stereocenters. The summed E-state index contributed by atoms with van der Waals surface area (Å²) >= 11 is 0. The van der Waals surface area contributed by atoms with Gasteiger partial charge in [0.15, 0.2) is 29.0 Å². The van der Waals surface area contributed by atoms with Crippen molar-refractivity contribution in [1.82, 2.24) is 0 Å². The maximum absolute atomic E-state index is 13.6. The summed E-state index contributed by atoms with van der Waals surface area (Å²) < 4.78 is 73.4. The van der Waals surface area contributed by atoms with E-state index in [-0.39, 0.29) is 11.5 Å². The second-order valence-corrected chi connectivity index (χ2v) is 5.88. The van der Waals surface area contributed by atoms with Crippen LogP contribution in [0, 0.1) is 24.4 Å². The molecule has 0 radical (unpaired) electrons. The number of hydrogen-bond donors (Lipinski definition) is 0. The molecular weight excluding hydrogens is 321 g/mol. The Morgan fingerprint density at radius 1 is 0.955 bits per heavy atom. The van der Waals surface area contributed by atoms with Gasteiger partial charge in [-0.25, -0.2) is 13.2 Å². The van der Waals surface area contributed by atoms with Gasteiger partial charge < -0.3 is 8.92 Å². The number of ether oxygens (including phenoxy) is 1. The van der Waals surface area contributed by atoms with Crippen LogP contribution in [0.2, 0.25) is 0 Å². The SMILES string of the molecule is COc1cc(C)ccc1OS(=O)(=O)c1ccc(F)c(F)c1F. The normalized spacial score (nSPS) is 11.3. The third-order valence-corrected chi connectivity index (χ3v) is 4.04. The van der Waals surface area contributed by atoms with Gasteiger partial charge in [-0.15, -0.1) is 0 Å². The second kappa shape index (κ2) is 5.88. The van der Waals surface area contributed by atoms with Crippen molar-refractivity contribution in [3.05, 3.63) is 53.3 Å². The fraction of sp³-hybridized carbons (Fsp3) is 0.143. The molecule has 22 heavy (non-hydrogen) atoms. The van der Waals surface area contributed by atoms with Crippen molar-refractivity contribution in [1.29, 1.82) is 0 Å². The summed E-state index contributed by atoms with van der Waals surface area (Å²) in [5.41, 5.74) is 0.778. The van der Waals surface area contributed by atoms with Gasteiger partial charge >= 0.3 is 10.1 Å². The van der Waals surface area contributed by atoms with E-state index in [2.05, 4.69) is 0 Å². The summed E-state index contributed by atoms with van der Waals surface area (Å²) in [6.45, 7) is 1.75. The zero-order valence-corrected chi connectivity index (χ0v) is 12.4. The van der Waals surface area contributed by atoms with Gasteiger partial charge in [0.2, 0.25) is 0 Å². The highest BCUT2D eigenvalue weighted by Gasteiger charge is 2.27. The highest BCUT2D eigenvalue weighted by molar-refractivity contribution is 7.87. The van der Waals surface area contributed by atoms with Crippen LogP contribution in [-0.4, -0.2) is 15.5 Å². The van der Waals surface area contributed by atoms with E-state index in [0.717, 1.165) is 5.56 Å². The maximum Gasteiger partial charge on any atom is 0.342 e. The standard InChI is InChI=1S/C14H11F3O4S/c1-8-3-5-10(11(7-8)20-2)21-22(18,19)12-6-4-9(15)13(16)14(12)17/h3-7H,1-2H3. The Kier molecular flexibility index (Phi) is 4.32. The van der Waals surface area contributed by atoms with Gasteiger partial charge in [0.05, 0.1) is 7.11 Å². The maximum atomic E-state index is 13.6. The van der Waals surface area contributed by atoms with Crippen molar-refractivity contribution in [2.24, 2.45) is 0 Å². The average Bonchev–Trinajstić information content (AvgIpc) is 2.46. The van der Waals surface area contributed by atoms with Gasteiger partial charge in [-0.2, -0.15) is 8.42 Å². The van der Waals surface area contributed by atoms with Crippen LogP contribution in [0.4, 0.5) is 13.2 Å². The summed E-state index contributed by atoms with van der Waals surface area (Å²) in [6.07, 6.45) is 0. The lowest BCUT2D eigenvalue weighted by Gasteiger charge is -2.12. The number of aryl methyl sites for hydroxylation is 1. The van der Waals surface area contributed by atoms with E-state index in [1.807, 2.05) is 0 Å². The Labute approximate surface area is 125 Å². The Hall–Kier alpha value is -2.22. The van der Waals surface area contributed by atoms with Crippen LogP contribution in [0.15, 0.2) is 35.2 Å². The summed E-state index contributed by atoms with van der Waals surface area (Å²) in [7, 11) is -3.39. The summed E-state index contributed by atoms with van der Waals surface area (Å²) in [6, 6.07) is 5.45. The van der Waals surface area contributed by atoms with E-state index in [0.29, 0.717) is 12.1 Å². The second-order valence-electron chi connectivity index (χ2n) is 4.37. The van der Waals surface area contributed by atoms with E-state index in [4.69, 9.17) is 8.92 Å². The minimum absolute atomic E-state index is 0.103. The van der Waals surface area contributed by atoms with Crippen molar-refractivity contribution in [2.75, 3.05) is 7.11 Å². The number of benzene rings is 2. The quantitative estimate of drug-likeness (QED) is 0.637. The van der Waals surface area contributed by atoms with Crippen LogP contribution in [0.1, 0.15) is 5.56 Å². The molecule has 118 valence electrons. The Morgan fingerprint density at radius 2 is 1.64 bits per heavy atom. The Morgan fingerprint density at radius 3 is 2.27 bits per heavy atom. The van der Waals surface area contributed by atoms with E-state index in [1.165, 1.54) is 19.2 Å². The highest BCUT2D eigenvalue weighted by Crippen LogP contribution is 2.31. The zero-order valence-electron chi connectivity index (χ0n) is 11.6. The topological polar surface area (TPSA) is 52.6 Å². The lowest BCUT2D eigenvalue weighted by atomic mass is 10.2. The summed E-state index contributed by atoms with van der Waals surface area (Å²) in [4.78, 5) is -1.10. The Balaban J connectivity index is 2.47. The fourth-order valence-electron chi connectivity index (χ4n) is 1.71.